The van der Waals surface area contributed by atoms with Crippen LogP contribution in [0.4, 0.5) is 0 Å². The average Bonchev–Trinajstić information content (AvgIpc) is 2.78. The third-order valence-electron chi connectivity index (χ3n) is 5.20. The molecule has 0 spiro atoms. The molecule has 1 atom stereocenters. The Balaban J connectivity index is 1.38. The number of benzene rings is 2. The molecule has 150 valence electrons. The molecule has 0 unspecified atom stereocenters. The molecule has 7 nitrogen and oxygen atoms in total. The molecule has 29 heavy (non-hydrogen) atoms. The Kier molecular flexibility index (Phi) is 5.20. The fourth-order valence-electron chi connectivity index (χ4n) is 3.62. The van der Waals surface area contributed by atoms with Crippen LogP contribution >= 0.6 is 0 Å². The molecule has 0 aromatic heterocycles. The van der Waals surface area contributed by atoms with Crippen molar-refractivity contribution in [2.45, 2.75) is 13.0 Å². The first-order chi connectivity index (χ1) is 14.0. The van der Waals surface area contributed by atoms with Gasteiger partial charge in [-0.2, -0.15) is 0 Å². The van der Waals surface area contributed by atoms with E-state index in [1.807, 2.05) is 12.1 Å². The zero-order valence-corrected chi connectivity index (χ0v) is 16.2. The van der Waals surface area contributed by atoms with Crippen molar-refractivity contribution in [2.24, 2.45) is 0 Å². The standard InChI is InChI=1S/C22H22N2O5/c1-15(25)16-6-2-3-7-17(16)21(26)23-10-12-24(13-11-23)22(27)20-14-28-18-8-4-5-9-19(18)29-20/h2-9,20H,10-14H2,1H3/t20-/m1/s1. The molecular weight excluding hydrogens is 372 g/mol. The molecule has 0 N–H and O–H groups in total. The van der Waals surface area contributed by atoms with Crippen molar-refractivity contribution >= 4 is 17.6 Å². The van der Waals surface area contributed by atoms with Gasteiger partial charge in [0.1, 0.15) is 6.61 Å². The Hall–Kier alpha value is -3.35. The van der Waals surface area contributed by atoms with Crippen LogP contribution in [-0.2, 0) is 4.79 Å². The summed E-state index contributed by atoms with van der Waals surface area (Å²) in [5, 5.41) is 0. The lowest BCUT2D eigenvalue weighted by Gasteiger charge is -2.37. The fourth-order valence-corrected chi connectivity index (χ4v) is 3.62. The average molecular weight is 394 g/mol. The monoisotopic (exact) mass is 394 g/mol. The van der Waals surface area contributed by atoms with Crippen LogP contribution in [0.1, 0.15) is 27.6 Å². The predicted octanol–water partition coefficient (Wildman–Crippen LogP) is 2.01. The molecule has 2 aromatic rings. The minimum absolute atomic E-state index is 0.141. The number of ketones is 1. The minimum Gasteiger partial charge on any atom is -0.485 e. The van der Waals surface area contributed by atoms with E-state index in [9.17, 15) is 14.4 Å². The number of carbonyl (C=O) groups excluding carboxylic acids is 3. The zero-order valence-electron chi connectivity index (χ0n) is 16.2. The Morgan fingerprint density at radius 1 is 0.828 bits per heavy atom. The molecule has 0 saturated carbocycles. The highest BCUT2D eigenvalue weighted by Crippen LogP contribution is 2.31. The van der Waals surface area contributed by atoms with Crippen LogP contribution in [0.3, 0.4) is 0 Å². The van der Waals surface area contributed by atoms with Crippen LogP contribution < -0.4 is 9.47 Å². The topological polar surface area (TPSA) is 76.2 Å². The lowest BCUT2D eigenvalue weighted by molar-refractivity contribution is -0.142. The van der Waals surface area contributed by atoms with Crippen molar-refractivity contribution in [1.29, 1.82) is 0 Å². The third kappa shape index (κ3) is 3.81. The van der Waals surface area contributed by atoms with E-state index in [0.717, 1.165) is 0 Å². The molecule has 1 saturated heterocycles. The first-order valence-corrected chi connectivity index (χ1v) is 9.61. The maximum Gasteiger partial charge on any atom is 0.267 e. The SMILES string of the molecule is CC(=O)c1ccccc1C(=O)N1CCN(C(=O)[C@H]2COc3ccccc3O2)CC1. The van der Waals surface area contributed by atoms with Crippen molar-refractivity contribution in [1.82, 2.24) is 9.80 Å². The summed E-state index contributed by atoms with van der Waals surface area (Å²) in [5.74, 6) is 0.727. The van der Waals surface area contributed by atoms with E-state index >= 15 is 0 Å². The molecule has 2 heterocycles. The van der Waals surface area contributed by atoms with Gasteiger partial charge < -0.3 is 19.3 Å². The van der Waals surface area contributed by atoms with E-state index in [-0.39, 0.29) is 24.2 Å². The van der Waals surface area contributed by atoms with E-state index in [0.29, 0.717) is 48.8 Å². The second-order valence-electron chi connectivity index (χ2n) is 7.08. The van der Waals surface area contributed by atoms with Crippen LogP contribution in [0.15, 0.2) is 48.5 Å². The predicted molar refractivity (Wildman–Crippen MR) is 105 cm³/mol. The van der Waals surface area contributed by atoms with Crippen LogP contribution in [0.2, 0.25) is 0 Å². The highest BCUT2D eigenvalue weighted by molar-refractivity contribution is 6.07. The van der Waals surface area contributed by atoms with Gasteiger partial charge in [-0.3, -0.25) is 14.4 Å². The summed E-state index contributed by atoms with van der Waals surface area (Å²) in [5.41, 5.74) is 0.822. The number of Topliss-reactive ketones (excluding diaryl/α,β-unsaturated/α-hetero) is 1. The quantitative estimate of drug-likeness (QED) is 0.745. The Morgan fingerprint density at radius 3 is 2.10 bits per heavy atom. The van der Waals surface area contributed by atoms with Crippen molar-refractivity contribution in [3.63, 3.8) is 0 Å². The van der Waals surface area contributed by atoms with Gasteiger partial charge in [0.05, 0.1) is 5.56 Å². The van der Waals surface area contributed by atoms with E-state index in [1.165, 1.54) is 6.92 Å². The summed E-state index contributed by atoms with van der Waals surface area (Å²) in [6, 6.07) is 14.1. The van der Waals surface area contributed by atoms with Gasteiger partial charge >= 0.3 is 0 Å². The third-order valence-corrected chi connectivity index (χ3v) is 5.20. The van der Waals surface area contributed by atoms with Gasteiger partial charge in [-0.1, -0.05) is 30.3 Å². The van der Waals surface area contributed by atoms with Crippen LogP contribution in [0.25, 0.3) is 0 Å². The van der Waals surface area contributed by atoms with E-state index in [1.54, 1.807) is 46.2 Å². The maximum absolute atomic E-state index is 12.9. The Labute approximate surface area is 168 Å². The number of fused-ring (bicyclic) bond motifs is 1. The molecule has 7 heteroatoms. The van der Waals surface area contributed by atoms with Gasteiger partial charge in [0.2, 0.25) is 6.10 Å². The molecule has 1 fully saturated rings. The Bertz CT molecular complexity index is 950. The number of carbonyl (C=O) groups is 3. The van der Waals surface area contributed by atoms with E-state index in [4.69, 9.17) is 9.47 Å². The second-order valence-corrected chi connectivity index (χ2v) is 7.08. The largest absolute Gasteiger partial charge is 0.485 e. The molecule has 0 bridgehead atoms. The highest BCUT2D eigenvalue weighted by atomic mass is 16.6. The number of piperazine rings is 1. The number of rotatable bonds is 3. The fraction of sp³-hybridized carbons (Fsp3) is 0.318. The van der Waals surface area contributed by atoms with Crippen molar-refractivity contribution < 1.29 is 23.9 Å². The maximum atomic E-state index is 12.9. The minimum atomic E-state index is -0.689. The second kappa shape index (κ2) is 7.95. The van der Waals surface area contributed by atoms with Crippen LogP contribution in [0.5, 0.6) is 11.5 Å². The summed E-state index contributed by atoms with van der Waals surface area (Å²) >= 11 is 0. The number of para-hydroxylation sites is 2. The first kappa shape index (κ1) is 19.0. The zero-order chi connectivity index (χ0) is 20.4. The highest BCUT2D eigenvalue weighted by Gasteiger charge is 2.33. The molecule has 0 radical (unpaired) electrons. The van der Waals surface area contributed by atoms with Crippen molar-refractivity contribution in [3.8, 4) is 11.5 Å². The number of hydrogen-bond acceptors (Lipinski definition) is 5. The number of ether oxygens (including phenoxy) is 2. The van der Waals surface area contributed by atoms with E-state index < -0.39 is 6.10 Å². The number of nitrogens with zero attached hydrogens (tertiary/aromatic N) is 2. The molecule has 2 amide bonds. The van der Waals surface area contributed by atoms with Gasteiger partial charge in [0.25, 0.3) is 11.8 Å². The van der Waals surface area contributed by atoms with E-state index in [2.05, 4.69) is 0 Å². The molecule has 2 aromatic carbocycles. The lowest BCUT2D eigenvalue weighted by Crippen LogP contribution is -2.55. The summed E-state index contributed by atoms with van der Waals surface area (Å²) < 4.78 is 11.4. The lowest BCUT2D eigenvalue weighted by atomic mass is 10.0. The molecule has 2 aliphatic rings. The normalized spacial score (nSPS) is 18.3. The molecule has 4 rings (SSSR count). The van der Waals surface area contributed by atoms with Gasteiger partial charge in [0, 0.05) is 31.7 Å². The smallest absolute Gasteiger partial charge is 0.267 e. The molecule has 2 aliphatic heterocycles. The van der Waals surface area contributed by atoms with Gasteiger partial charge in [0.15, 0.2) is 17.3 Å². The van der Waals surface area contributed by atoms with Crippen molar-refractivity contribution in [2.75, 3.05) is 32.8 Å². The summed E-state index contributed by atoms with van der Waals surface area (Å²) in [4.78, 5) is 40.9. The summed E-state index contributed by atoms with van der Waals surface area (Å²) in [6.45, 7) is 3.25. The summed E-state index contributed by atoms with van der Waals surface area (Å²) in [7, 11) is 0. The van der Waals surface area contributed by atoms with Crippen LogP contribution in [0, 0.1) is 0 Å². The summed E-state index contributed by atoms with van der Waals surface area (Å²) in [6.07, 6.45) is -0.689. The van der Waals surface area contributed by atoms with Gasteiger partial charge in [-0.15, -0.1) is 0 Å². The number of amides is 2. The van der Waals surface area contributed by atoms with Gasteiger partial charge in [-0.05, 0) is 25.1 Å². The van der Waals surface area contributed by atoms with Crippen molar-refractivity contribution in [3.05, 3.63) is 59.7 Å². The Morgan fingerprint density at radius 2 is 1.41 bits per heavy atom. The van der Waals surface area contributed by atoms with Crippen LogP contribution in [-0.4, -0.2) is 66.3 Å². The first-order valence-electron chi connectivity index (χ1n) is 9.61. The van der Waals surface area contributed by atoms with Gasteiger partial charge in [-0.25, -0.2) is 0 Å². The molecule has 0 aliphatic carbocycles. The molecular formula is C22H22N2O5. The number of hydrogen-bond donors (Lipinski definition) is 0.